The number of benzene rings is 2. The Morgan fingerprint density at radius 2 is 1.75 bits per heavy atom. The number of carbonyl (C=O) groups is 2. The van der Waals surface area contributed by atoms with Crippen molar-refractivity contribution < 1.29 is 9.59 Å². The summed E-state index contributed by atoms with van der Waals surface area (Å²) >= 11 is 0. The first-order valence-electron chi connectivity index (χ1n) is 9.55. The van der Waals surface area contributed by atoms with Crippen LogP contribution in [0, 0.1) is 12.3 Å². The van der Waals surface area contributed by atoms with Crippen molar-refractivity contribution in [2.45, 2.75) is 33.7 Å². The Labute approximate surface area is 165 Å². The fraction of sp³-hybridized carbons (Fsp3) is 0.304. The van der Waals surface area contributed by atoms with Gasteiger partial charge in [0, 0.05) is 30.2 Å². The van der Waals surface area contributed by atoms with Crippen LogP contribution in [0.25, 0.3) is 10.9 Å². The highest BCUT2D eigenvalue weighted by atomic mass is 16.2. The van der Waals surface area contributed by atoms with Crippen LogP contribution in [0.5, 0.6) is 0 Å². The molecule has 146 valence electrons. The average Bonchev–Trinajstić information content (AvgIpc) is 3.09. The molecule has 0 saturated carbocycles. The summed E-state index contributed by atoms with van der Waals surface area (Å²) in [6, 6.07) is 16.0. The van der Waals surface area contributed by atoms with Gasteiger partial charge in [-0.05, 0) is 44.4 Å². The third-order valence-electron chi connectivity index (χ3n) is 5.03. The van der Waals surface area contributed by atoms with Crippen LogP contribution in [0.4, 0.5) is 0 Å². The predicted octanol–water partition coefficient (Wildman–Crippen LogP) is 3.48. The van der Waals surface area contributed by atoms with Crippen LogP contribution >= 0.6 is 0 Å². The molecule has 2 amide bonds. The molecule has 0 saturated heterocycles. The van der Waals surface area contributed by atoms with Crippen LogP contribution in [-0.2, 0) is 22.6 Å². The molecule has 1 heterocycles. The number of aryl methyl sites for hydroxylation is 1. The van der Waals surface area contributed by atoms with Crippen LogP contribution < -0.4 is 10.6 Å². The van der Waals surface area contributed by atoms with Gasteiger partial charge in [-0.25, -0.2) is 0 Å². The Kier molecular flexibility index (Phi) is 5.83. The van der Waals surface area contributed by atoms with Crippen molar-refractivity contribution in [2.24, 2.45) is 5.41 Å². The van der Waals surface area contributed by atoms with Crippen molar-refractivity contribution in [1.29, 1.82) is 0 Å². The minimum atomic E-state index is -1.13. The summed E-state index contributed by atoms with van der Waals surface area (Å²) in [7, 11) is 0. The molecule has 0 fully saturated rings. The van der Waals surface area contributed by atoms with Crippen LogP contribution in [0.15, 0.2) is 54.7 Å². The van der Waals surface area contributed by atoms with Gasteiger partial charge in [0.15, 0.2) is 0 Å². The smallest absolute Gasteiger partial charge is 0.235 e. The topological polar surface area (TPSA) is 74.0 Å². The Hall–Kier alpha value is -3.08. The molecule has 3 rings (SSSR count). The van der Waals surface area contributed by atoms with Crippen LogP contribution in [-0.4, -0.2) is 23.3 Å². The molecule has 0 radical (unpaired) electrons. The van der Waals surface area contributed by atoms with Crippen molar-refractivity contribution in [3.63, 3.8) is 0 Å². The summed E-state index contributed by atoms with van der Waals surface area (Å²) in [5.74, 6) is -0.548. The van der Waals surface area contributed by atoms with Crippen molar-refractivity contribution in [1.82, 2.24) is 15.6 Å². The number of nitrogens with one attached hydrogen (secondary N) is 3. The summed E-state index contributed by atoms with van der Waals surface area (Å²) in [6.07, 6.45) is 2.67. The highest BCUT2D eigenvalue weighted by Gasteiger charge is 2.35. The van der Waals surface area contributed by atoms with E-state index in [0.717, 1.165) is 27.6 Å². The maximum atomic E-state index is 12.6. The molecule has 3 aromatic rings. The molecular weight excluding hydrogens is 350 g/mol. The second-order valence-electron chi connectivity index (χ2n) is 7.66. The Balaban J connectivity index is 1.52. The largest absolute Gasteiger partial charge is 0.361 e. The standard InChI is InChI=1S/C23H27N3O2/c1-16-7-6-8-17(13-16)14-26-22(28)23(2,3)21(27)24-12-11-18-15-25-20-10-5-4-9-19(18)20/h4-10,13,15,25H,11-12,14H2,1-3H3,(H,24,27)(H,26,28). The Bertz CT molecular complexity index is 988. The van der Waals surface area contributed by atoms with E-state index in [2.05, 4.69) is 21.7 Å². The first kappa shape index (κ1) is 19.7. The molecule has 5 nitrogen and oxygen atoms in total. The first-order chi connectivity index (χ1) is 13.4. The van der Waals surface area contributed by atoms with Gasteiger partial charge in [0.05, 0.1) is 0 Å². The summed E-state index contributed by atoms with van der Waals surface area (Å²) < 4.78 is 0. The number of fused-ring (bicyclic) bond motifs is 1. The maximum Gasteiger partial charge on any atom is 0.235 e. The first-order valence-corrected chi connectivity index (χ1v) is 9.55. The van der Waals surface area contributed by atoms with Gasteiger partial charge in [-0.15, -0.1) is 0 Å². The van der Waals surface area contributed by atoms with E-state index in [1.807, 2.05) is 55.6 Å². The van der Waals surface area contributed by atoms with Crippen molar-refractivity contribution in [3.05, 3.63) is 71.4 Å². The van der Waals surface area contributed by atoms with Crippen molar-refractivity contribution >= 4 is 22.7 Å². The molecular formula is C23H27N3O2. The molecule has 5 heteroatoms. The fourth-order valence-corrected chi connectivity index (χ4v) is 3.20. The Morgan fingerprint density at radius 1 is 1.00 bits per heavy atom. The number of H-pyrrole nitrogens is 1. The van der Waals surface area contributed by atoms with Gasteiger partial charge in [-0.1, -0.05) is 48.0 Å². The van der Waals surface area contributed by atoms with E-state index in [0.29, 0.717) is 19.5 Å². The van der Waals surface area contributed by atoms with Crippen molar-refractivity contribution in [2.75, 3.05) is 6.54 Å². The Morgan fingerprint density at radius 3 is 2.54 bits per heavy atom. The zero-order valence-electron chi connectivity index (χ0n) is 16.6. The van der Waals surface area contributed by atoms with Gasteiger partial charge in [-0.3, -0.25) is 9.59 Å². The summed E-state index contributed by atoms with van der Waals surface area (Å²) in [5, 5.41) is 6.93. The second-order valence-corrected chi connectivity index (χ2v) is 7.66. The summed E-state index contributed by atoms with van der Waals surface area (Å²) in [4.78, 5) is 28.4. The van der Waals surface area contributed by atoms with E-state index in [1.165, 1.54) is 0 Å². The molecule has 0 aliphatic rings. The van der Waals surface area contributed by atoms with Crippen LogP contribution in [0.3, 0.4) is 0 Å². The lowest BCUT2D eigenvalue weighted by Crippen LogP contribution is -2.48. The maximum absolute atomic E-state index is 12.6. The second kappa shape index (κ2) is 8.30. The van der Waals surface area contributed by atoms with Gasteiger partial charge < -0.3 is 15.6 Å². The summed E-state index contributed by atoms with van der Waals surface area (Å²) in [5.41, 5.74) is 3.26. The monoisotopic (exact) mass is 377 g/mol. The molecule has 3 N–H and O–H groups in total. The van der Waals surface area contributed by atoms with Crippen molar-refractivity contribution in [3.8, 4) is 0 Å². The quantitative estimate of drug-likeness (QED) is 0.552. The number of hydrogen-bond acceptors (Lipinski definition) is 2. The molecule has 0 aliphatic heterocycles. The number of amides is 2. The molecule has 0 atom stereocenters. The van der Waals surface area contributed by atoms with Gasteiger partial charge in [0.25, 0.3) is 0 Å². The molecule has 0 unspecified atom stereocenters. The van der Waals surface area contributed by atoms with Gasteiger partial charge >= 0.3 is 0 Å². The zero-order valence-corrected chi connectivity index (χ0v) is 16.6. The van der Waals surface area contributed by atoms with Gasteiger partial charge in [0.1, 0.15) is 5.41 Å². The number of rotatable bonds is 7. The zero-order chi connectivity index (χ0) is 20.1. The molecule has 2 aromatic carbocycles. The minimum Gasteiger partial charge on any atom is -0.361 e. The summed E-state index contributed by atoms with van der Waals surface area (Å²) in [6.45, 7) is 6.21. The average molecular weight is 377 g/mol. The normalized spacial score (nSPS) is 11.4. The lowest BCUT2D eigenvalue weighted by molar-refractivity contribution is -0.141. The SMILES string of the molecule is Cc1cccc(CNC(=O)C(C)(C)C(=O)NCCc2c[nH]c3ccccc23)c1. The van der Waals surface area contributed by atoms with E-state index in [1.54, 1.807) is 13.8 Å². The number of hydrogen-bond donors (Lipinski definition) is 3. The van der Waals surface area contributed by atoms with Crippen LogP contribution in [0.1, 0.15) is 30.5 Å². The molecule has 28 heavy (non-hydrogen) atoms. The van der Waals surface area contributed by atoms with E-state index in [-0.39, 0.29) is 11.8 Å². The number of aromatic nitrogens is 1. The van der Waals surface area contributed by atoms with E-state index in [4.69, 9.17) is 0 Å². The number of para-hydroxylation sites is 1. The molecule has 0 aliphatic carbocycles. The fourth-order valence-electron chi connectivity index (χ4n) is 3.20. The van der Waals surface area contributed by atoms with Crippen LogP contribution in [0.2, 0.25) is 0 Å². The van der Waals surface area contributed by atoms with E-state index < -0.39 is 5.41 Å². The molecule has 1 aromatic heterocycles. The third-order valence-corrected chi connectivity index (χ3v) is 5.03. The number of aromatic amines is 1. The molecule has 0 spiro atoms. The van der Waals surface area contributed by atoms with E-state index in [9.17, 15) is 9.59 Å². The van der Waals surface area contributed by atoms with E-state index >= 15 is 0 Å². The van der Waals surface area contributed by atoms with Gasteiger partial charge in [-0.2, -0.15) is 0 Å². The molecule has 0 bridgehead atoms. The lowest BCUT2D eigenvalue weighted by atomic mass is 9.91. The minimum absolute atomic E-state index is 0.269. The highest BCUT2D eigenvalue weighted by molar-refractivity contribution is 6.04. The third kappa shape index (κ3) is 4.42. The van der Waals surface area contributed by atoms with Gasteiger partial charge in [0.2, 0.25) is 11.8 Å². The number of carbonyl (C=O) groups excluding carboxylic acids is 2. The predicted molar refractivity (Wildman–Crippen MR) is 112 cm³/mol. The lowest BCUT2D eigenvalue weighted by Gasteiger charge is -2.22. The highest BCUT2D eigenvalue weighted by Crippen LogP contribution is 2.19.